The third-order valence-electron chi connectivity index (χ3n) is 10.1. The maximum absolute atomic E-state index is 13.5. The van der Waals surface area contributed by atoms with Crippen LogP contribution in [-0.4, -0.2) is 72.9 Å². The van der Waals surface area contributed by atoms with Crippen LogP contribution in [0.25, 0.3) is 22.3 Å². The minimum atomic E-state index is -1.49. The maximum Gasteiger partial charge on any atom is 0.264 e. The Morgan fingerprint density at radius 2 is 1.34 bits per heavy atom. The fraction of sp³-hybridized carbons (Fsp3) is 0.262. The van der Waals surface area contributed by atoms with Crippen molar-refractivity contribution in [3.05, 3.63) is 144 Å². The number of nitrogens with zero attached hydrogens (tertiary/aromatic N) is 1. The van der Waals surface area contributed by atoms with Gasteiger partial charge in [0.15, 0.2) is 0 Å². The highest BCUT2D eigenvalue weighted by molar-refractivity contribution is 7.80. The number of aliphatic hydroxyl groups excluding tert-OH is 5. The van der Waals surface area contributed by atoms with Crippen LogP contribution in [0.3, 0.4) is 0 Å². The average Bonchev–Trinajstić information content (AvgIpc) is 3.52. The summed E-state index contributed by atoms with van der Waals surface area (Å²) in [5.74, 6) is -0.378. The molecule has 7 rings (SSSR count). The number of phenolic OH excluding ortho intramolecular Hbond substituents is 1. The van der Waals surface area contributed by atoms with Gasteiger partial charge in [-0.25, -0.2) is 4.39 Å². The lowest BCUT2D eigenvalue weighted by molar-refractivity contribution is -0.231. The van der Waals surface area contributed by atoms with Crippen molar-refractivity contribution in [1.82, 2.24) is 0 Å². The second-order valence-electron chi connectivity index (χ2n) is 13.4. The molecule has 53 heavy (non-hydrogen) atoms. The van der Waals surface area contributed by atoms with Crippen molar-refractivity contribution in [3.63, 3.8) is 0 Å². The quantitative estimate of drug-likeness (QED) is 0.0928. The zero-order chi connectivity index (χ0) is 37.2. The van der Waals surface area contributed by atoms with Crippen LogP contribution in [0.1, 0.15) is 47.8 Å². The first kappa shape index (κ1) is 36.6. The third kappa shape index (κ3) is 7.55. The number of phenols is 1. The summed E-state index contributed by atoms with van der Waals surface area (Å²) in [7, 11) is 0. The van der Waals surface area contributed by atoms with E-state index in [2.05, 4.69) is 0 Å². The van der Waals surface area contributed by atoms with E-state index in [1.807, 2.05) is 71.6 Å². The van der Waals surface area contributed by atoms with Crippen molar-refractivity contribution in [2.45, 2.75) is 61.6 Å². The van der Waals surface area contributed by atoms with Gasteiger partial charge in [0.1, 0.15) is 54.2 Å². The molecule has 2 fully saturated rings. The normalized spacial score (nSPS) is 24.9. The van der Waals surface area contributed by atoms with Crippen molar-refractivity contribution < 1.29 is 44.5 Å². The molecule has 1 unspecified atom stereocenters. The van der Waals surface area contributed by atoms with Crippen molar-refractivity contribution in [2.75, 3.05) is 11.5 Å². The molecule has 2 saturated heterocycles. The van der Waals surface area contributed by atoms with Gasteiger partial charge in [0.2, 0.25) is 0 Å². The predicted molar refractivity (Wildman–Crippen MR) is 201 cm³/mol. The lowest BCUT2D eigenvalue weighted by Gasteiger charge is -2.40. The monoisotopic (exact) mass is 737 g/mol. The van der Waals surface area contributed by atoms with E-state index >= 15 is 0 Å². The molecular formula is C42H40FNO8S. The molecule has 11 heteroatoms. The van der Waals surface area contributed by atoms with E-state index in [0.29, 0.717) is 35.1 Å². The molecular weight excluding hydrogens is 698 g/mol. The van der Waals surface area contributed by atoms with Gasteiger partial charge in [-0.3, -0.25) is 4.90 Å². The van der Waals surface area contributed by atoms with Gasteiger partial charge in [0.25, 0.3) is 5.17 Å². The molecule has 6 N–H and O–H groups in total. The number of ether oxygens (including phenoxy) is 2. The average molecular weight is 738 g/mol. The molecule has 5 aromatic rings. The molecule has 0 spiro atoms. The Morgan fingerprint density at radius 3 is 2.00 bits per heavy atom. The molecule has 0 aromatic heterocycles. The number of halogens is 1. The Balaban J connectivity index is 1.17. The standard InChI is InChI=1S/C42H40FNO8S/c43-30-15-10-27(11-16-30)33(46)20-21-35-37(44(42(53)52-35)31-17-12-25(13-18-31)24-4-2-1-3-5-24)32-19-14-29(22-34(32)47)26-6-8-28(9-7-26)41-40(50)39(49)38(48)36(23-45)51-41/h1-19,22,33,35-41,45-50H,20-21,23H2/t33?,35-,36-,37-,38-,39+,40-,41+/m1/s1. The molecule has 0 bridgehead atoms. The smallest absolute Gasteiger partial charge is 0.264 e. The molecule has 274 valence electrons. The van der Waals surface area contributed by atoms with Gasteiger partial charge in [-0.05, 0) is 88.8 Å². The zero-order valence-electron chi connectivity index (χ0n) is 28.5. The number of thiocarbonyl (C=S) groups is 1. The first-order valence-corrected chi connectivity index (χ1v) is 17.9. The number of hydrogen-bond donors (Lipinski definition) is 6. The van der Waals surface area contributed by atoms with Crippen LogP contribution in [0.5, 0.6) is 5.75 Å². The van der Waals surface area contributed by atoms with Crippen molar-refractivity contribution in [2.24, 2.45) is 0 Å². The van der Waals surface area contributed by atoms with E-state index in [9.17, 15) is 35.0 Å². The summed E-state index contributed by atoms with van der Waals surface area (Å²) < 4.78 is 25.5. The summed E-state index contributed by atoms with van der Waals surface area (Å²) in [6, 6.07) is 35.5. The lowest BCUT2D eigenvalue weighted by Crippen LogP contribution is -2.55. The van der Waals surface area contributed by atoms with Crippen molar-refractivity contribution >= 4 is 23.1 Å². The van der Waals surface area contributed by atoms with Crippen LogP contribution in [0.4, 0.5) is 10.1 Å². The fourth-order valence-electron chi connectivity index (χ4n) is 7.19. The summed E-state index contributed by atoms with van der Waals surface area (Å²) in [5.41, 5.74) is 6.03. The van der Waals surface area contributed by atoms with Gasteiger partial charge in [-0.1, -0.05) is 91.0 Å². The summed E-state index contributed by atoms with van der Waals surface area (Å²) >= 11 is 5.79. The summed E-state index contributed by atoms with van der Waals surface area (Å²) in [4.78, 5) is 1.88. The number of rotatable bonds is 10. The molecule has 0 aliphatic carbocycles. The second-order valence-corrected chi connectivity index (χ2v) is 13.8. The zero-order valence-corrected chi connectivity index (χ0v) is 29.3. The van der Waals surface area contributed by atoms with Crippen LogP contribution in [0.2, 0.25) is 0 Å². The van der Waals surface area contributed by atoms with E-state index in [-0.39, 0.29) is 16.7 Å². The number of benzene rings is 5. The van der Waals surface area contributed by atoms with Crippen LogP contribution in [0.15, 0.2) is 121 Å². The van der Waals surface area contributed by atoms with Gasteiger partial charge in [-0.2, -0.15) is 0 Å². The molecule has 5 aromatic carbocycles. The molecule has 2 aliphatic heterocycles. The lowest BCUT2D eigenvalue weighted by atomic mass is 9.90. The van der Waals surface area contributed by atoms with Crippen molar-refractivity contribution in [3.8, 4) is 28.0 Å². The summed E-state index contributed by atoms with van der Waals surface area (Å²) in [6.07, 6.45) is -7.05. The SMILES string of the molecule is OC[C@H]1O[C@@H](c2ccc(-c3ccc([C@@H]4[C@@H](CCC(O)c5ccc(F)cc5)OC(=S)N4c4ccc(-c5ccccc5)cc4)c(O)c3)cc2)[C@H](O)[C@@H](O)[C@@H]1O. The Kier molecular flexibility index (Phi) is 10.9. The van der Waals surface area contributed by atoms with E-state index in [0.717, 1.165) is 22.4 Å². The number of aromatic hydroxyl groups is 1. The molecule has 9 nitrogen and oxygen atoms in total. The number of aliphatic hydroxyl groups is 5. The van der Waals surface area contributed by atoms with Crippen LogP contribution in [-0.2, 0) is 9.47 Å². The summed E-state index contributed by atoms with van der Waals surface area (Å²) in [6.45, 7) is -0.520. The first-order chi connectivity index (χ1) is 25.6. The second kappa shape index (κ2) is 15.7. The molecule has 0 saturated carbocycles. The maximum atomic E-state index is 13.5. The third-order valence-corrected chi connectivity index (χ3v) is 10.4. The van der Waals surface area contributed by atoms with Crippen LogP contribution in [0, 0.1) is 5.82 Å². The van der Waals surface area contributed by atoms with E-state index in [1.165, 1.54) is 12.1 Å². The Labute approximate surface area is 311 Å². The molecule has 0 radical (unpaired) electrons. The van der Waals surface area contributed by atoms with Crippen LogP contribution >= 0.6 is 12.2 Å². The highest BCUT2D eigenvalue weighted by Gasteiger charge is 2.44. The van der Waals surface area contributed by atoms with Gasteiger partial charge in [-0.15, -0.1) is 0 Å². The Hall–Kier alpha value is -4.72. The van der Waals surface area contributed by atoms with Crippen LogP contribution < -0.4 is 4.90 Å². The van der Waals surface area contributed by atoms with Gasteiger partial charge in [0.05, 0.1) is 12.7 Å². The minimum absolute atomic E-state index is 0.00815. The molecule has 8 atom stereocenters. The predicted octanol–water partition coefficient (Wildman–Crippen LogP) is 6.13. The van der Waals surface area contributed by atoms with E-state index < -0.39 is 55.4 Å². The topological polar surface area (TPSA) is 143 Å². The largest absolute Gasteiger partial charge is 0.508 e. The van der Waals surface area contributed by atoms with Gasteiger partial charge >= 0.3 is 0 Å². The van der Waals surface area contributed by atoms with E-state index in [1.54, 1.807) is 42.5 Å². The van der Waals surface area contributed by atoms with Crippen molar-refractivity contribution in [1.29, 1.82) is 0 Å². The fourth-order valence-corrected chi connectivity index (χ4v) is 7.53. The Bertz CT molecular complexity index is 2010. The Morgan fingerprint density at radius 1 is 0.717 bits per heavy atom. The van der Waals surface area contributed by atoms with Gasteiger partial charge < -0.3 is 40.1 Å². The minimum Gasteiger partial charge on any atom is -0.508 e. The first-order valence-electron chi connectivity index (χ1n) is 17.5. The molecule has 2 aliphatic rings. The molecule has 0 amide bonds. The summed E-state index contributed by atoms with van der Waals surface area (Å²) in [5, 5.41) is 63.4. The van der Waals surface area contributed by atoms with E-state index in [4.69, 9.17) is 21.7 Å². The highest BCUT2D eigenvalue weighted by Crippen LogP contribution is 2.44. The number of hydrogen-bond acceptors (Lipinski definition) is 9. The highest BCUT2D eigenvalue weighted by atomic mass is 32.1. The van der Waals surface area contributed by atoms with Gasteiger partial charge in [0, 0.05) is 11.3 Å². The number of anilines is 1. The molecule has 2 heterocycles.